The molecule has 2 unspecified atom stereocenters. The largest absolute Gasteiger partial charge is 0.397 e. The molecule has 1 aromatic carbocycles. The number of anilines is 1. The molecule has 6 heteroatoms. The van der Waals surface area contributed by atoms with Crippen molar-refractivity contribution in [1.82, 2.24) is 5.32 Å². The number of rotatable bonds is 2. The minimum atomic E-state index is -0.113. The fraction of sp³-hybridized carbons (Fsp3) is 0.357. The molecule has 1 amide bonds. The molecule has 1 saturated heterocycles. The zero-order chi connectivity index (χ0) is 14.3. The molecule has 0 radical (unpaired) electrons. The van der Waals surface area contributed by atoms with Crippen molar-refractivity contribution in [2.45, 2.75) is 25.5 Å². The molecule has 2 heterocycles. The first-order chi connectivity index (χ1) is 9.58. The number of carbonyl (C=O) groups is 1. The van der Waals surface area contributed by atoms with Crippen LogP contribution in [0.4, 0.5) is 5.69 Å². The first-order valence-electron chi connectivity index (χ1n) is 6.47. The van der Waals surface area contributed by atoms with Crippen LogP contribution in [0.15, 0.2) is 22.7 Å². The number of nitrogens with one attached hydrogen (secondary N) is 1. The third kappa shape index (κ3) is 2.32. The lowest BCUT2D eigenvalue weighted by atomic mass is 10.1. The highest BCUT2D eigenvalue weighted by atomic mass is 79.9. The highest BCUT2D eigenvalue weighted by Gasteiger charge is 2.27. The number of benzene rings is 1. The molecule has 1 aliphatic rings. The number of amides is 1. The fourth-order valence-electron chi connectivity index (χ4n) is 2.45. The zero-order valence-electron chi connectivity index (χ0n) is 11.0. The summed E-state index contributed by atoms with van der Waals surface area (Å²) in [6, 6.07) is 5.91. The van der Waals surface area contributed by atoms with E-state index in [1.165, 1.54) is 11.3 Å². The van der Waals surface area contributed by atoms with E-state index in [9.17, 15) is 4.79 Å². The molecule has 3 N–H and O–H groups in total. The van der Waals surface area contributed by atoms with E-state index in [1.807, 2.05) is 25.1 Å². The Morgan fingerprint density at radius 2 is 2.35 bits per heavy atom. The van der Waals surface area contributed by atoms with Crippen LogP contribution in [0.2, 0.25) is 0 Å². The number of nitrogens with two attached hydrogens (primary N) is 1. The average molecular weight is 355 g/mol. The fourth-order valence-corrected chi connectivity index (χ4v) is 4.22. The van der Waals surface area contributed by atoms with Crippen LogP contribution in [0.1, 0.15) is 23.0 Å². The molecule has 0 spiro atoms. The molecule has 1 aromatic heterocycles. The normalized spacial score (nSPS) is 22.3. The second-order valence-corrected chi connectivity index (χ2v) is 6.81. The zero-order valence-corrected chi connectivity index (χ0v) is 13.4. The average Bonchev–Trinajstić information content (AvgIpc) is 2.95. The van der Waals surface area contributed by atoms with E-state index >= 15 is 0 Å². The quantitative estimate of drug-likeness (QED) is 0.870. The molecular weight excluding hydrogens is 340 g/mol. The van der Waals surface area contributed by atoms with Crippen LogP contribution >= 0.6 is 27.3 Å². The number of fused-ring (bicyclic) bond motifs is 1. The maximum Gasteiger partial charge on any atom is 0.263 e. The van der Waals surface area contributed by atoms with E-state index in [-0.39, 0.29) is 18.1 Å². The number of hydrogen-bond acceptors (Lipinski definition) is 4. The van der Waals surface area contributed by atoms with Crippen molar-refractivity contribution < 1.29 is 9.53 Å². The number of hydrogen-bond donors (Lipinski definition) is 2. The van der Waals surface area contributed by atoms with Crippen LogP contribution in [-0.4, -0.2) is 24.7 Å². The summed E-state index contributed by atoms with van der Waals surface area (Å²) < 4.78 is 7.39. The number of thiophene rings is 1. The molecule has 1 aliphatic heterocycles. The van der Waals surface area contributed by atoms with Gasteiger partial charge in [-0.3, -0.25) is 4.79 Å². The number of ether oxygens (including phenoxy) is 1. The van der Waals surface area contributed by atoms with Gasteiger partial charge in [-0.15, -0.1) is 11.3 Å². The Morgan fingerprint density at radius 1 is 1.55 bits per heavy atom. The molecule has 2 atom stereocenters. The van der Waals surface area contributed by atoms with Crippen LogP contribution < -0.4 is 11.1 Å². The van der Waals surface area contributed by atoms with Gasteiger partial charge in [-0.2, -0.15) is 0 Å². The summed E-state index contributed by atoms with van der Waals surface area (Å²) in [5, 5.41) is 3.93. The van der Waals surface area contributed by atoms with Gasteiger partial charge < -0.3 is 15.8 Å². The predicted molar refractivity (Wildman–Crippen MR) is 85.2 cm³/mol. The lowest BCUT2D eigenvalue weighted by Crippen LogP contribution is -2.39. The number of nitrogen functional groups attached to an aromatic ring is 1. The van der Waals surface area contributed by atoms with Crippen LogP contribution in [0.5, 0.6) is 0 Å². The highest BCUT2D eigenvalue weighted by molar-refractivity contribution is 9.10. The third-order valence-electron chi connectivity index (χ3n) is 3.60. The molecule has 0 bridgehead atoms. The summed E-state index contributed by atoms with van der Waals surface area (Å²) in [4.78, 5) is 13.0. The Morgan fingerprint density at radius 3 is 3.00 bits per heavy atom. The second-order valence-electron chi connectivity index (χ2n) is 4.90. The topological polar surface area (TPSA) is 64.3 Å². The van der Waals surface area contributed by atoms with Gasteiger partial charge >= 0.3 is 0 Å². The maximum atomic E-state index is 12.4. The van der Waals surface area contributed by atoms with Crippen molar-refractivity contribution in [3.05, 3.63) is 27.5 Å². The van der Waals surface area contributed by atoms with Gasteiger partial charge in [0.15, 0.2) is 0 Å². The Balaban J connectivity index is 1.92. The Bertz CT molecular complexity index is 670. The van der Waals surface area contributed by atoms with Crippen molar-refractivity contribution in [1.29, 1.82) is 0 Å². The van der Waals surface area contributed by atoms with E-state index in [0.717, 1.165) is 21.0 Å². The van der Waals surface area contributed by atoms with Gasteiger partial charge in [0.2, 0.25) is 0 Å². The first kappa shape index (κ1) is 13.9. The highest BCUT2D eigenvalue weighted by Crippen LogP contribution is 2.38. The van der Waals surface area contributed by atoms with E-state index in [0.29, 0.717) is 17.2 Å². The van der Waals surface area contributed by atoms with Crippen molar-refractivity contribution in [3.8, 4) is 0 Å². The number of halogens is 1. The van der Waals surface area contributed by atoms with Crippen LogP contribution in [0.3, 0.4) is 0 Å². The minimum Gasteiger partial charge on any atom is -0.397 e. The molecule has 0 aliphatic carbocycles. The summed E-state index contributed by atoms with van der Waals surface area (Å²) in [7, 11) is 0. The Labute approximate surface area is 129 Å². The summed E-state index contributed by atoms with van der Waals surface area (Å²) in [6.07, 6.45) is 0.905. The molecule has 4 nitrogen and oxygen atoms in total. The van der Waals surface area contributed by atoms with Crippen molar-refractivity contribution in [2.24, 2.45) is 0 Å². The van der Waals surface area contributed by atoms with Crippen molar-refractivity contribution >= 4 is 48.9 Å². The summed E-state index contributed by atoms with van der Waals surface area (Å²) in [5.74, 6) is -0.113. The molecule has 0 saturated carbocycles. The monoisotopic (exact) mass is 354 g/mol. The Kier molecular flexibility index (Phi) is 3.70. The summed E-state index contributed by atoms with van der Waals surface area (Å²) >= 11 is 4.91. The Hall–Kier alpha value is -1.11. The third-order valence-corrected chi connectivity index (χ3v) is 5.43. The molecular formula is C14H15BrN2O2S. The number of carbonyl (C=O) groups excluding carboxylic acids is 1. The maximum absolute atomic E-state index is 12.4. The predicted octanol–water partition coefficient (Wildman–Crippen LogP) is 3.15. The molecule has 1 fully saturated rings. The van der Waals surface area contributed by atoms with Gasteiger partial charge in [-0.25, -0.2) is 0 Å². The lowest BCUT2D eigenvalue weighted by Gasteiger charge is -2.15. The van der Waals surface area contributed by atoms with Gasteiger partial charge in [0, 0.05) is 21.2 Å². The van der Waals surface area contributed by atoms with Gasteiger partial charge in [0.1, 0.15) is 4.88 Å². The van der Waals surface area contributed by atoms with Gasteiger partial charge in [-0.1, -0.05) is 22.0 Å². The standard InChI is InChI=1S/C14H15BrN2O2S/c1-7-9(5-6-19-7)17-14(18)13-12(16)11-8(15)3-2-4-10(11)20-13/h2-4,7,9H,5-6,16H2,1H3,(H,17,18). The van der Waals surface area contributed by atoms with E-state index < -0.39 is 0 Å². The lowest BCUT2D eigenvalue weighted by molar-refractivity contribution is 0.0870. The second kappa shape index (κ2) is 5.35. The van der Waals surface area contributed by atoms with Crippen molar-refractivity contribution in [3.63, 3.8) is 0 Å². The van der Waals surface area contributed by atoms with Gasteiger partial charge in [-0.05, 0) is 25.5 Å². The van der Waals surface area contributed by atoms with Gasteiger partial charge in [0.25, 0.3) is 5.91 Å². The first-order valence-corrected chi connectivity index (χ1v) is 8.08. The van der Waals surface area contributed by atoms with Crippen molar-refractivity contribution in [2.75, 3.05) is 12.3 Å². The van der Waals surface area contributed by atoms with Crippen LogP contribution in [0, 0.1) is 0 Å². The van der Waals surface area contributed by atoms with Gasteiger partial charge in [0.05, 0.1) is 17.8 Å². The molecule has 106 valence electrons. The summed E-state index contributed by atoms with van der Waals surface area (Å²) in [6.45, 7) is 2.67. The molecule has 3 rings (SSSR count). The molecule has 20 heavy (non-hydrogen) atoms. The smallest absolute Gasteiger partial charge is 0.263 e. The van der Waals surface area contributed by atoms with Crippen LogP contribution in [-0.2, 0) is 4.74 Å². The van der Waals surface area contributed by atoms with E-state index in [4.69, 9.17) is 10.5 Å². The SMILES string of the molecule is CC1OCCC1NC(=O)c1sc2cccc(Br)c2c1N. The van der Waals surface area contributed by atoms with Crippen LogP contribution in [0.25, 0.3) is 10.1 Å². The molecule has 2 aromatic rings. The summed E-state index contributed by atoms with van der Waals surface area (Å²) in [5.41, 5.74) is 6.68. The minimum absolute atomic E-state index is 0.0567. The van der Waals surface area contributed by atoms with E-state index in [2.05, 4.69) is 21.2 Å². The van der Waals surface area contributed by atoms with E-state index in [1.54, 1.807) is 0 Å².